The molecule has 4 heteroatoms. The van der Waals surface area contributed by atoms with Crippen molar-refractivity contribution in [2.75, 3.05) is 7.11 Å². The van der Waals surface area contributed by atoms with Crippen LogP contribution in [0.5, 0.6) is 5.88 Å². The number of amides is 1. The largest absolute Gasteiger partial charge is 0.481 e. The molecule has 2 unspecified atom stereocenters. The number of aromatic nitrogens is 1. The Morgan fingerprint density at radius 1 is 1.56 bits per heavy atom. The zero-order valence-corrected chi connectivity index (χ0v) is 9.56. The van der Waals surface area contributed by atoms with Gasteiger partial charge in [0, 0.05) is 24.4 Å². The van der Waals surface area contributed by atoms with Crippen molar-refractivity contribution in [2.24, 2.45) is 0 Å². The molecule has 0 radical (unpaired) electrons. The number of hydrogen-bond donors (Lipinski definition) is 1. The SMILES string of the molecule is CCC1NC(=O)CC1c1cccc(OC)n1. The molecule has 1 fully saturated rings. The molecule has 2 atom stereocenters. The standard InChI is InChI=1S/C12H16N2O2/c1-3-9-8(7-11(15)13-9)10-5-4-6-12(14-10)16-2/h4-6,8-9H,3,7H2,1-2H3,(H,13,15). The summed E-state index contributed by atoms with van der Waals surface area (Å²) in [6.45, 7) is 2.07. The van der Waals surface area contributed by atoms with Crippen molar-refractivity contribution in [3.8, 4) is 5.88 Å². The van der Waals surface area contributed by atoms with Gasteiger partial charge in [-0.1, -0.05) is 13.0 Å². The van der Waals surface area contributed by atoms with Crippen molar-refractivity contribution in [2.45, 2.75) is 31.7 Å². The first-order valence-corrected chi connectivity index (χ1v) is 5.55. The molecule has 16 heavy (non-hydrogen) atoms. The fraction of sp³-hybridized carbons (Fsp3) is 0.500. The van der Waals surface area contributed by atoms with E-state index in [1.165, 1.54) is 0 Å². The quantitative estimate of drug-likeness (QED) is 0.839. The predicted octanol–water partition coefficient (Wildman–Crippen LogP) is 1.47. The highest BCUT2D eigenvalue weighted by atomic mass is 16.5. The van der Waals surface area contributed by atoms with E-state index in [1.807, 2.05) is 18.2 Å². The highest BCUT2D eigenvalue weighted by Gasteiger charge is 2.33. The Kier molecular flexibility index (Phi) is 3.08. The van der Waals surface area contributed by atoms with E-state index in [-0.39, 0.29) is 17.9 Å². The van der Waals surface area contributed by atoms with Crippen molar-refractivity contribution in [3.63, 3.8) is 0 Å². The summed E-state index contributed by atoms with van der Waals surface area (Å²) < 4.78 is 5.09. The molecule has 86 valence electrons. The summed E-state index contributed by atoms with van der Waals surface area (Å²) in [7, 11) is 1.60. The van der Waals surface area contributed by atoms with Gasteiger partial charge < -0.3 is 10.1 Å². The van der Waals surface area contributed by atoms with Crippen LogP contribution in [0.25, 0.3) is 0 Å². The van der Waals surface area contributed by atoms with E-state index in [2.05, 4.69) is 17.2 Å². The summed E-state index contributed by atoms with van der Waals surface area (Å²) >= 11 is 0. The number of nitrogens with zero attached hydrogens (tertiary/aromatic N) is 1. The van der Waals surface area contributed by atoms with Gasteiger partial charge in [-0.2, -0.15) is 0 Å². The lowest BCUT2D eigenvalue weighted by molar-refractivity contribution is -0.119. The number of pyridine rings is 1. The molecule has 2 heterocycles. The molecule has 1 amide bonds. The zero-order valence-electron chi connectivity index (χ0n) is 9.56. The van der Waals surface area contributed by atoms with E-state index < -0.39 is 0 Å². The first-order valence-electron chi connectivity index (χ1n) is 5.55. The smallest absolute Gasteiger partial charge is 0.220 e. The van der Waals surface area contributed by atoms with E-state index in [0.29, 0.717) is 12.3 Å². The Morgan fingerprint density at radius 3 is 3.06 bits per heavy atom. The minimum atomic E-state index is 0.112. The summed E-state index contributed by atoms with van der Waals surface area (Å²) in [5, 5.41) is 2.97. The fourth-order valence-electron chi connectivity index (χ4n) is 2.16. The number of nitrogens with one attached hydrogen (secondary N) is 1. The molecule has 0 spiro atoms. The van der Waals surface area contributed by atoms with Crippen LogP contribution in [-0.2, 0) is 4.79 Å². The number of carbonyl (C=O) groups excluding carboxylic acids is 1. The van der Waals surface area contributed by atoms with Gasteiger partial charge in [-0.25, -0.2) is 4.98 Å². The van der Waals surface area contributed by atoms with Crippen molar-refractivity contribution >= 4 is 5.91 Å². The molecular formula is C12H16N2O2. The third kappa shape index (κ3) is 2.01. The first-order chi connectivity index (χ1) is 7.74. The molecule has 1 aromatic rings. The summed E-state index contributed by atoms with van der Waals surface area (Å²) in [6.07, 6.45) is 1.45. The maximum absolute atomic E-state index is 11.4. The average molecular weight is 220 g/mol. The fourth-order valence-corrected chi connectivity index (χ4v) is 2.16. The highest BCUT2D eigenvalue weighted by Crippen LogP contribution is 2.29. The van der Waals surface area contributed by atoms with Gasteiger partial charge in [0.15, 0.2) is 0 Å². The van der Waals surface area contributed by atoms with E-state index in [1.54, 1.807) is 7.11 Å². The zero-order chi connectivity index (χ0) is 11.5. The first kappa shape index (κ1) is 10.9. The van der Waals surface area contributed by atoms with E-state index >= 15 is 0 Å². The van der Waals surface area contributed by atoms with Crippen LogP contribution in [0, 0.1) is 0 Å². The molecule has 0 aromatic carbocycles. The Morgan fingerprint density at radius 2 is 2.38 bits per heavy atom. The molecule has 2 rings (SSSR count). The second-order valence-corrected chi connectivity index (χ2v) is 4.00. The van der Waals surface area contributed by atoms with Crippen LogP contribution in [-0.4, -0.2) is 24.0 Å². The van der Waals surface area contributed by atoms with Gasteiger partial charge in [0.2, 0.25) is 11.8 Å². The maximum Gasteiger partial charge on any atom is 0.220 e. The average Bonchev–Trinajstić information content (AvgIpc) is 2.70. The molecular weight excluding hydrogens is 204 g/mol. The second kappa shape index (κ2) is 4.51. The molecule has 1 aliphatic rings. The lowest BCUT2D eigenvalue weighted by Gasteiger charge is -2.16. The molecule has 4 nitrogen and oxygen atoms in total. The molecule has 0 aliphatic carbocycles. The lowest BCUT2D eigenvalue weighted by atomic mass is 9.94. The Balaban J connectivity index is 2.25. The summed E-state index contributed by atoms with van der Waals surface area (Å²) in [5.41, 5.74) is 0.935. The minimum Gasteiger partial charge on any atom is -0.481 e. The van der Waals surface area contributed by atoms with Crippen molar-refractivity contribution in [1.82, 2.24) is 10.3 Å². The molecule has 0 saturated carbocycles. The predicted molar refractivity (Wildman–Crippen MR) is 60.4 cm³/mol. The third-order valence-corrected chi connectivity index (χ3v) is 3.01. The Labute approximate surface area is 95.0 Å². The van der Waals surface area contributed by atoms with Crippen LogP contribution >= 0.6 is 0 Å². The number of rotatable bonds is 3. The molecule has 1 aliphatic heterocycles. The summed E-state index contributed by atoms with van der Waals surface area (Å²) in [6, 6.07) is 5.88. The molecule has 0 bridgehead atoms. The monoisotopic (exact) mass is 220 g/mol. The highest BCUT2D eigenvalue weighted by molar-refractivity contribution is 5.80. The van der Waals surface area contributed by atoms with Gasteiger partial charge >= 0.3 is 0 Å². The molecule has 1 saturated heterocycles. The van der Waals surface area contributed by atoms with Crippen LogP contribution in [0.4, 0.5) is 0 Å². The van der Waals surface area contributed by atoms with Crippen LogP contribution in [0.2, 0.25) is 0 Å². The number of methoxy groups -OCH3 is 1. The van der Waals surface area contributed by atoms with Gasteiger partial charge in [0.25, 0.3) is 0 Å². The van der Waals surface area contributed by atoms with E-state index in [9.17, 15) is 4.79 Å². The Hall–Kier alpha value is -1.58. The van der Waals surface area contributed by atoms with E-state index in [0.717, 1.165) is 12.1 Å². The van der Waals surface area contributed by atoms with Crippen molar-refractivity contribution in [3.05, 3.63) is 23.9 Å². The van der Waals surface area contributed by atoms with Gasteiger partial charge in [-0.05, 0) is 12.5 Å². The van der Waals surface area contributed by atoms with Crippen molar-refractivity contribution in [1.29, 1.82) is 0 Å². The lowest BCUT2D eigenvalue weighted by Crippen LogP contribution is -2.27. The van der Waals surface area contributed by atoms with Crippen LogP contribution in [0.3, 0.4) is 0 Å². The maximum atomic E-state index is 11.4. The number of carbonyl (C=O) groups is 1. The second-order valence-electron chi connectivity index (χ2n) is 4.00. The van der Waals surface area contributed by atoms with Gasteiger partial charge in [-0.15, -0.1) is 0 Å². The van der Waals surface area contributed by atoms with Gasteiger partial charge in [0.1, 0.15) is 0 Å². The van der Waals surface area contributed by atoms with Crippen molar-refractivity contribution < 1.29 is 9.53 Å². The topological polar surface area (TPSA) is 51.2 Å². The molecule has 1 aromatic heterocycles. The molecule has 1 N–H and O–H groups in total. The third-order valence-electron chi connectivity index (χ3n) is 3.01. The normalized spacial score (nSPS) is 24.2. The van der Waals surface area contributed by atoms with E-state index in [4.69, 9.17) is 4.74 Å². The van der Waals surface area contributed by atoms with Crippen LogP contribution in [0.15, 0.2) is 18.2 Å². The summed E-state index contributed by atoms with van der Waals surface area (Å²) in [4.78, 5) is 15.8. The van der Waals surface area contributed by atoms with Gasteiger partial charge in [-0.3, -0.25) is 4.79 Å². The van der Waals surface area contributed by atoms with Crippen LogP contribution in [0.1, 0.15) is 31.4 Å². The number of hydrogen-bond acceptors (Lipinski definition) is 3. The minimum absolute atomic E-state index is 0.112. The Bertz CT molecular complexity index is 392. The number of ether oxygens (including phenoxy) is 1. The van der Waals surface area contributed by atoms with Crippen LogP contribution < -0.4 is 10.1 Å². The summed E-state index contributed by atoms with van der Waals surface area (Å²) in [5.74, 6) is 0.890. The van der Waals surface area contributed by atoms with Gasteiger partial charge in [0.05, 0.1) is 12.8 Å².